The minimum atomic E-state index is -1.24. The molecular formula is C20H24ClNO4. The smallest absolute Gasteiger partial charge is 0.347 e. The van der Waals surface area contributed by atoms with Crippen molar-refractivity contribution in [3.63, 3.8) is 0 Å². The van der Waals surface area contributed by atoms with Crippen molar-refractivity contribution in [1.82, 2.24) is 5.32 Å². The Morgan fingerprint density at radius 1 is 1.04 bits per heavy atom. The third-order valence-corrected chi connectivity index (χ3v) is 4.02. The molecule has 0 bridgehead atoms. The Hall–Kier alpha value is -2.24. The Bertz CT molecular complexity index is 699. The summed E-state index contributed by atoms with van der Waals surface area (Å²) in [4.78, 5) is 11.1. The molecule has 0 fully saturated rings. The van der Waals surface area contributed by atoms with Gasteiger partial charge in [0.05, 0.1) is 0 Å². The largest absolute Gasteiger partial charge is 0.492 e. The van der Waals surface area contributed by atoms with Crippen LogP contribution >= 0.6 is 11.6 Å². The number of nitrogens with one attached hydrogen (secondary N) is 1. The van der Waals surface area contributed by atoms with Gasteiger partial charge in [-0.25, -0.2) is 4.79 Å². The van der Waals surface area contributed by atoms with Gasteiger partial charge in [-0.3, -0.25) is 0 Å². The van der Waals surface area contributed by atoms with Crippen LogP contribution in [0.2, 0.25) is 5.02 Å². The topological polar surface area (TPSA) is 67.8 Å². The molecule has 0 saturated carbocycles. The van der Waals surface area contributed by atoms with E-state index in [9.17, 15) is 4.79 Å². The molecule has 0 aliphatic heterocycles. The Kier molecular flexibility index (Phi) is 7.30. The van der Waals surface area contributed by atoms with Gasteiger partial charge in [-0.15, -0.1) is 0 Å². The van der Waals surface area contributed by atoms with E-state index in [-0.39, 0.29) is 0 Å². The summed E-state index contributed by atoms with van der Waals surface area (Å²) in [7, 11) is 0. The Morgan fingerprint density at radius 3 is 2.27 bits per heavy atom. The van der Waals surface area contributed by atoms with Crippen molar-refractivity contribution >= 4 is 17.6 Å². The van der Waals surface area contributed by atoms with Crippen molar-refractivity contribution in [2.24, 2.45) is 0 Å². The van der Waals surface area contributed by atoms with Gasteiger partial charge < -0.3 is 19.9 Å². The highest BCUT2D eigenvalue weighted by Gasteiger charge is 2.29. The Labute approximate surface area is 158 Å². The average Bonchev–Trinajstić information content (AvgIpc) is 2.60. The second kappa shape index (κ2) is 9.46. The lowest BCUT2D eigenvalue weighted by atomic mass is 10.1. The van der Waals surface area contributed by atoms with E-state index in [0.717, 1.165) is 30.8 Å². The quantitative estimate of drug-likeness (QED) is 0.616. The normalized spacial score (nSPS) is 11.2. The first-order valence-corrected chi connectivity index (χ1v) is 8.85. The Morgan fingerprint density at radius 2 is 1.65 bits per heavy atom. The van der Waals surface area contributed by atoms with Crippen LogP contribution in [0.15, 0.2) is 48.5 Å². The molecule has 2 N–H and O–H groups in total. The number of benzene rings is 2. The highest BCUT2D eigenvalue weighted by Crippen LogP contribution is 2.19. The van der Waals surface area contributed by atoms with Gasteiger partial charge in [0.25, 0.3) is 0 Å². The molecule has 26 heavy (non-hydrogen) atoms. The fraction of sp³-hybridized carbons (Fsp3) is 0.350. The number of halogens is 1. The fourth-order valence-corrected chi connectivity index (χ4v) is 2.32. The first kappa shape index (κ1) is 20.1. The van der Waals surface area contributed by atoms with Crippen LogP contribution in [-0.4, -0.2) is 36.4 Å². The number of carboxylic acid groups (broad SMARTS) is 1. The molecule has 0 heterocycles. The SMILES string of the molecule is CC(C)(Oc1ccc(CCNCCOc2ccc(Cl)cc2)cc1)C(=O)O. The van der Waals surface area contributed by atoms with Gasteiger partial charge in [-0.1, -0.05) is 23.7 Å². The van der Waals surface area contributed by atoms with Gasteiger partial charge >= 0.3 is 5.97 Å². The number of ether oxygens (including phenoxy) is 2. The van der Waals surface area contributed by atoms with Gasteiger partial charge in [-0.2, -0.15) is 0 Å². The maximum absolute atomic E-state index is 11.1. The van der Waals surface area contributed by atoms with E-state index in [0.29, 0.717) is 17.4 Å². The zero-order chi connectivity index (χ0) is 19.0. The molecule has 5 nitrogen and oxygen atoms in total. The van der Waals surface area contributed by atoms with Crippen molar-refractivity contribution in [2.75, 3.05) is 19.7 Å². The molecule has 140 valence electrons. The molecule has 0 atom stereocenters. The van der Waals surface area contributed by atoms with E-state index >= 15 is 0 Å². The molecule has 0 saturated heterocycles. The minimum absolute atomic E-state index is 0.547. The van der Waals surface area contributed by atoms with E-state index in [1.165, 1.54) is 13.8 Å². The van der Waals surface area contributed by atoms with Crippen LogP contribution in [0.4, 0.5) is 0 Å². The van der Waals surface area contributed by atoms with E-state index in [1.54, 1.807) is 24.3 Å². The van der Waals surface area contributed by atoms with Crippen molar-refractivity contribution in [1.29, 1.82) is 0 Å². The van der Waals surface area contributed by atoms with Crippen LogP contribution in [0.5, 0.6) is 11.5 Å². The van der Waals surface area contributed by atoms with Crippen LogP contribution in [0.25, 0.3) is 0 Å². The van der Waals surface area contributed by atoms with Gasteiger partial charge in [0.15, 0.2) is 5.60 Å². The lowest BCUT2D eigenvalue weighted by Crippen LogP contribution is -2.37. The van der Waals surface area contributed by atoms with Gasteiger partial charge in [-0.05, 0) is 68.8 Å². The van der Waals surface area contributed by atoms with Gasteiger partial charge in [0.1, 0.15) is 18.1 Å². The second-order valence-corrected chi connectivity index (χ2v) is 6.80. The lowest BCUT2D eigenvalue weighted by molar-refractivity contribution is -0.152. The van der Waals surface area contributed by atoms with Crippen LogP contribution in [0.1, 0.15) is 19.4 Å². The van der Waals surface area contributed by atoms with Crippen molar-refractivity contribution < 1.29 is 19.4 Å². The minimum Gasteiger partial charge on any atom is -0.492 e. The maximum Gasteiger partial charge on any atom is 0.347 e. The van der Waals surface area contributed by atoms with E-state index in [2.05, 4.69) is 5.32 Å². The zero-order valence-corrected chi connectivity index (χ0v) is 15.8. The van der Waals surface area contributed by atoms with Crippen LogP contribution in [0, 0.1) is 0 Å². The molecule has 0 radical (unpaired) electrons. The molecule has 2 aromatic carbocycles. The third kappa shape index (κ3) is 6.58. The standard InChI is InChI=1S/C20H24ClNO4/c1-20(2,19(23)24)26-18-7-3-15(4-8-18)11-12-22-13-14-25-17-9-5-16(21)6-10-17/h3-10,22H,11-14H2,1-2H3,(H,23,24). The third-order valence-electron chi connectivity index (χ3n) is 3.76. The zero-order valence-electron chi connectivity index (χ0n) is 15.0. The summed E-state index contributed by atoms with van der Waals surface area (Å²) in [6.45, 7) is 5.21. The first-order valence-electron chi connectivity index (χ1n) is 8.47. The average molecular weight is 378 g/mol. The number of carbonyl (C=O) groups is 1. The number of hydrogen-bond donors (Lipinski definition) is 2. The summed E-state index contributed by atoms with van der Waals surface area (Å²) in [5.41, 5.74) is -0.0933. The summed E-state index contributed by atoms with van der Waals surface area (Å²) in [6.07, 6.45) is 0.865. The van der Waals surface area contributed by atoms with E-state index in [4.69, 9.17) is 26.2 Å². The first-order chi connectivity index (χ1) is 12.4. The molecular weight excluding hydrogens is 354 g/mol. The molecule has 0 amide bonds. The molecule has 2 rings (SSSR count). The fourth-order valence-electron chi connectivity index (χ4n) is 2.19. The molecule has 2 aromatic rings. The van der Waals surface area contributed by atoms with Crippen LogP contribution < -0.4 is 14.8 Å². The van der Waals surface area contributed by atoms with Crippen LogP contribution in [0.3, 0.4) is 0 Å². The predicted octanol–water partition coefficient (Wildman–Crippen LogP) is 3.79. The molecule has 0 spiro atoms. The van der Waals surface area contributed by atoms with Crippen LogP contribution in [-0.2, 0) is 11.2 Å². The second-order valence-electron chi connectivity index (χ2n) is 6.36. The number of aliphatic carboxylic acids is 1. The molecule has 6 heteroatoms. The summed E-state index contributed by atoms with van der Waals surface area (Å²) in [5.74, 6) is 0.355. The number of hydrogen-bond acceptors (Lipinski definition) is 4. The maximum atomic E-state index is 11.1. The van der Waals surface area contributed by atoms with Gasteiger partial charge in [0, 0.05) is 11.6 Å². The Balaban J connectivity index is 1.65. The predicted molar refractivity (Wildman–Crippen MR) is 102 cm³/mol. The van der Waals surface area contributed by atoms with Crippen molar-refractivity contribution in [2.45, 2.75) is 25.9 Å². The summed E-state index contributed by atoms with van der Waals surface area (Å²) >= 11 is 5.83. The van der Waals surface area contributed by atoms with E-state index < -0.39 is 11.6 Å². The van der Waals surface area contributed by atoms with E-state index in [1.807, 2.05) is 24.3 Å². The van der Waals surface area contributed by atoms with Crippen molar-refractivity contribution in [3.05, 3.63) is 59.1 Å². The summed E-state index contributed by atoms with van der Waals surface area (Å²) in [5, 5.41) is 13.1. The van der Waals surface area contributed by atoms with Gasteiger partial charge in [0.2, 0.25) is 0 Å². The molecule has 0 aromatic heterocycles. The molecule has 0 unspecified atom stereocenters. The molecule has 0 aliphatic rings. The number of rotatable bonds is 10. The monoisotopic (exact) mass is 377 g/mol. The highest BCUT2D eigenvalue weighted by molar-refractivity contribution is 6.30. The number of carboxylic acids is 1. The summed E-state index contributed by atoms with van der Waals surface area (Å²) in [6, 6.07) is 14.8. The molecule has 0 aliphatic carbocycles. The summed E-state index contributed by atoms with van der Waals surface area (Å²) < 4.78 is 11.1. The highest BCUT2D eigenvalue weighted by atomic mass is 35.5. The van der Waals surface area contributed by atoms with Crippen molar-refractivity contribution in [3.8, 4) is 11.5 Å². The lowest BCUT2D eigenvalue weighted by Gasteiger charge is -2.21.